The molecule has 0 fully saturated rings. The minimum absolute atomic E-state index is 0.0201. The van der Waals surface area contributed by atoms with E-state index >= 15 is 0 Å². The zero-order valence-corrected chi connectivity index (χ0v) is 14.9. The van der Waals surface area contributed by atoms with Gasteiger partial charge in [-0.3, -0.25) is 9.69 Å². The lowest BCUT2D eigenvalue weighted by atomic mass is 9.99. The highest BCUT2D eigenvalue weighted by Crippen LogP contribution is 2.20. The van der Waals surface area contributed by atoms with E-state index in [1.54, 1.807) is 0 Å². The maximum Gasteiger partial charge on any atom is 0.226 e. The fourth-order valence-corrected chi connectivity index (χ4v) is 3.56. The molecule has 2 heterocycles. The summed E-state index contributed by atoms with van der Waals surface area (Å²) in [5.41, 5.74) is 4.25. The minimum Gasteiger partial charge on any atom is -0.356 e. The number of aromatic nitrogens is 1. The molecule has 3 aromatic rings. The standard InChI is InChI=1S/C21H23N3O2/c1-15(24-11-10-16-6-2-3-7-17(16)14-24)13-22-21(25)12-19-18-8-4-5-9-20(18)26-23-19/h2-9,15H,10-14H2,1H3,(H,22,25)/t15-/m1/s1. The molecule has 5 heteroatoms. The van der Waals surface area contributed by atoms with Crippen LogP contribution in [0, 0.1) is 0 Å². The summed E-state index contributed by atoms with van der Waals surface area (Å²) in [4.78, 5) is 14.8. The molecule has 5 nitrogen and oxygen atoms in total. The van der Waals surface area contributed by atoms with Crippen LogP contribution in [0.15, 0.2) is 53.1 Å². The summed E-state index contributed by atoms with van der Waals surface area (Å²) in [5, 5.41) is 7.98. The van der Waals surface area contributed by atoms with Crippen molar-refractivity contribution in [2.75, 3.05) is 13.1 Å². The van der Waals surface area contributed by atoms with Crippen LogP contribution < -0.4 is 5.32 Å². The number of para-hydroxylation sites is 1. The summed E-state index contributed by atoms with van der Waals surface area (Å²) in [6, 6.07) is 16.5. The SMILES string of the molecule is C[C@H](CNC(=O)Cc1noc2ccccc12)N1CCc2ccccc2C1. The summed E-state index contributed by atoms with van der Waals surface area (Å²) in [5.74, 6) is -0.0201. The first-order chi connectivity index (χ1) is 12.7. The third-order valence-corrected chi connectivity index (χ3v) is 5.16. The van der Waals surface area contributed by atoms with Gasteiger partial charge in [0.15, 0.2) is 5.58 Å². The summed E-state index contributed by atoms with van der Waals surface area (Å²) in [6.07, 6.45) is 1.31. The lowest BCUT2D eigenvalue weighted by Crippen LogP contribution is -2.44. The number of amides is 1. The largest absolute Gasteiger partial charge is 0.356 e. The van der Waals surface area contributed by atoms with Crippen LogP contribution in [0.2, 0.25) is 0 Å². The van der Waals surface area contributed by atoms with Gasteiger partial charge in [-0.15, -0.1) is 0 Å². The molecule has 0 saturated heterocycles. The van der Waals surface area contributed by atoms with Crippen LogP contribution in [-0.2, 0) is 24.2 Å². The van der Waals surface area contributed by atoms with E-state index in [2.05, 4.69) is 46.6 Å². The van der Waals surface area contributed by atoms with Crippen molar-refractivity contribution < 1.29 is 9.32 Å². The second-order valence-electron chi connectivity index (χ2n) is 6.94. The van der Waals surface area contributed by atoms with Crippen molar-refractivity contribution in [3.8, 4) is 0 Å². The Hall–Kier alpha value is -2.66. The Balaban J connectivity index is 1.32. The predicted molar refractivity (Wildman–Crippen MR) is 101 cm³/mol. The summed E-state index contributed by atoms with van der Waals surface area (Å²) in [6.45, 7) is 4.78. The van der Waals surface area contributed by atoms with Crippen molar-refractivity contribution in [2.45, 2.75) is 32.4 Å². The number of carbonyl (C=O) groups excluding carboxylic acids is 1. The van der Waals surface area contributed by atoms with E-state index in [4.69, 9.17) is 4.52 Å². The topological polar surface area (TPSA) is 58.4 Å². The van der Waals surface area contributed by atoms with Crippen LogP contribution in [0.4, 0.5) is 0 Å². The zero-order valence-electron chi connectivity index (χ0n) is 14.9. The van der Waals surface area contributed by atoms with Gasteiger partial charge in [-0.25, -0.2) is 0 Å². The second-order valence-corrected chi connectivity index (χ2v) is 6.94. The van der Waals surface area contributed by atoms with E-state index in [1.807, 2.05) is 24.3 Å². The van der Waals surface area contributed by atoms with Gasteiger partial charge in [0.2, 0.25) is 5.91 Å². The molecule has 0 saturated carbocycles. The number of hydrogen-bond acceptors (Lipinski definition) is 4. The fraction of sp³-hybridized carbons (Fsp3) is 0.333. The number of carbonyl (C=O) groups is 1. The number of nitrogens with one attached hydrogen (secondary N) is 1. The van der Waals surface area contributed by atoms with E-state index in [0.717, 1.165) is 30.5 Å². The smallest absolute Gasteiger partial charge is 0.226 e. The predicted octanol–water partition coefficient (Wildman–Crippen LogP) is 2.93. The third-order valence-electron chi connectivity index (χ3n) is 5.16. The highest BCUT2D eigenvalue weighted by Gasteiger charge is 2.21. The van der Waals surface area contributed by atoms with Crippen molar-refractivity contribution >= 4 is 16.9 Å². The molecule has 0 unspecified atom stereocenters. The van der Waals surface area contributed by atoms with E-state index in [9.17, 15) is 4.79 Å². The molecule has 0 aliphatic carbocycles. The fourth-order valence-electron chi connectivity index (χ4n) is 3.56. The molecule has 1 N–H and O–H groups in total. The molecule has 0 radical (unpaired) electrons. The van der Waals surface area contributed by atoms with Gasteiger partial charge in [0.05, 0.1) is 6.42 Å². The van der Waals surface area contributed by atoms with Crippen LogP contribution in [-0.4, -0.2) is 35.1 Å². The first-order valence-corrected chi connectivity index (χ1v) is 9.11. The van der Waals surface area contributed by atoms with E-state index < -0.39 is 0 Å². The molecule has 2 aromatic carbocycles. The van der Waals surface area contributed by atoms with Gasteiger partial charge in [-0.05, 0) is 36.6 Å². The molecule has 0 bridgehead atoms. The van der Waals surface area contributed by atoms with Crippen molar-refractivity contribution in [3.05, 3.63) is 65.4 Å². The molecular formula is C21H23N3O2. The van der Waals surface area contributed by atoms with Gasteiger partial charge < -0.3 is 9.84 Å². The summed E-state index contributed by atoms with van der Waals surface area (Å²) in [7, 11) is 0. The Morgan fingerprint density at radius 3 is 2.85 bits per heavy atom. The monoisotopic (exact) mass is 349 g/mol. The van der Waals surface area contributed by atoms with Gasteiger partial charge in [-0.2, -0.15) is 0 Å². The highest BCUT2D eigenvalue weighted by molar-refractivity contribution is 5.86. The van der Waals surface area contributed by atoms with Crippen LogP contribution in [0.25, 0.3) is 11.0 Å². The maximum absolute atomic E-state index is 12.3. The number of fused-ring (bicyclic) bond motifs is 2. The van der Waals surface area contributed by atoms with Crippen molar-refractivity contribution in [1.82, 2.24) is 15.4 Å². The number of benzene rings is 2. The van der Waals surface area contributed by atoms with Crippen LogP contribution in [0.5, 0.6) is 0 Å². The molecule has 1 aromatic heterocycles. The van der Waals surface area contributed by atoms with Crippen LogP contribution in [0.1, 0.15) is 23.7 Å². The zero-order chi connectivity index (χ0) is 17.9. The first kappa shape index (κ1) is 16.8. The van der Waals surface area contributed by atoms with Gasteiger partial charge in [0, 0.05) is 31.1 Å². The Labute approximate surface area is 153 Å². The quantitative estimate of drug-likeness (QED) is 0.769. The molecule has 1 amide bonds. The first-order valence-electron chi connectivity index (χ1n) is 9.11. The Morgan fingerprint density at radius 2 is 1.96 bits per heavy atom. The maximum atomic E-state index is 12.3. The average Bonchev–Trinajstić information content (AvgIpc) is 3.08. The molecule has 134 valence electrons. The normalized spacial score (nSPS) is 15.6. The molecule has 0 spiro atoms. The summed E-state index contributed by atoms with van der Waals surface area (Å²) < 4.78 is 5.27. The molecule has 4 rings (SSSR count). The minimum atomic E-state index is -0.0201. The second kappa shape index (κ2) is 7.30. The molecule has 1 aliphatic rings. The van der Waals surface area contributed by atoms with Gasteiger partial charge in [0.1, 0.15) is 5.69 Å². The van der Waals surface area contributed by atoms with E-state index in [1.165, 1.54) is 11.1 Å². The molecule has 26 heavy (non-hydrogen) atoms. The molecular weight excluding hydrogens is 326 g/mol. The summed E-state index contributed by atoms with van der Waals surface area (Å²) >= 11 is 0. The molecule has 1 aliphatic heterocycles. The lowest BCUT2D eigenvalue weighted by Gasteiger charge is -2.33. The van der Waals surface area contributed by atoms with E-state index in [-0.39, 0.29) is 12.3 Å². The van der Waals surface area contributed by atoms with Crippen molar-refractivity contribution in [1.29, 1.82) is 0 Å². The van der Waals surface area contributed by atoms with Crippen LogP contribution in [0.3, 0.4) is 0 Å². The van der Waals surface area contributed by atoms with Crippen LogP contribution >= 0.6 is 0 Å². The Kier molecular flexibility index (Phi) is 4.71. The number of nitrogens with zero attached hydrogens (tertiary/aromatic N) is 2. The number of hydrogen-bond donors (Lipinski definition) is 1. The van der Waals surface area contributed by atoms with Crippen molar-refractivity contribution in [2.24, 2.45) is 0 Å². The van der Waals surface area contributed by atoms with Gasteiger partial charge in [-0.1, -0.05) is 41.6 Å². The Bertz CT molecular complexity index is 918. The molecule has 1 atom stereocenters. The highest BCUT2D eigenvalue weighted by atomic mass is 16.5. The lowest BCUT2D eigenvalue weighted by molar-refractivity contribution is -0.120. The average molecular weight is 349 g/mol. The van der Waals surface area contributed by atoms with E-state index in [0.29, 0.717) is 18.3 Å². The van der Waals surface area contributed by atoms with Crippen molar-refractivity contribution in [3.63, 3.8) is 0 Å². The Morgan fingerprint density at radius 1 is 1.19 bits per heavy atom. The van der Waals surface area contributed by atoms with Gasteiger partial charge >= 0.3 is 0 Å². The number of rotatable bonds is 5. The third kappa shape index (κ3) is 3.48. The van der Waals surface area contributed by atoms with Gasteiger partial charge in [0.25, 0.3) is 0 Å².